The molecule has 0 amide bonds. The number of thiazole rings is 1. The summed E-state index contributed by atoms with van der Waals surface area (Å²) >= 11 is 1.71. The number of nitrogens with zero attached hydrogens (tertiary/aromatic N) is 1. The van der Waals surface area contributed by atoms with Gasteiger partial charge in [0.15, 0.2) is 0 Å². The summed E-state index contributed by atoms with van der Waals surface area (Å²) in [5.74, 6) is 0.663. The van der Waals surface area contributed by atoms with Crippen LogP contribution in [0.3, 0.4) is 0 Å². The van der Waals surface area contributed by atoms with Crippen molar-refractivity contribution in [2.75, 3.05) is 5.73 Å². The van der Waals surface area contributed by atoms with Crippen molar-refractivity contribution in [3.8, 4) is 0 Å². The number of nitrogens with two attached hydrogens (primary N) is 1. The van der Waals surface area contributed by atoms with E-state index in [0.29, 0.717) is 5.82 Å². The molecule has 1 aromatic carbocycles. The van der Waals surface area contributed by atoms with E-state index in [9.17, 15) is 0 Å². The number of aromatic nitrogens is 1. The number of anilines is 1. The molecule has 2 nitrogen and oxygen atoms in total. The maximum atomic E-state index is 5.82. The van der Waals surface area contributed by atoms with E-state index in [1.807, 2.05) is 5.38 Å². The van der Waals surface area contributed by atoms with Gasteiger partial charge in [0.25, 0.3) is 0 Å². The van der Waals surface area contributed by atoms with Crippen LogP contribution in [0.4, 0.5) is 5.82 Å². The van der Waals surface area contributed by atoms with Gasteiger partial charge in [-0.3, -0.25) is 0 Å². The first-order valence-electron chi connectivity index (χ1n) is 6.58. The fourth-order valence-electron chi connectivity index (χ4n) is 3.04. The maximum absolute atomic E-state index is 5.82. The van der Waals surface area contributed by atoms with Crippen molar-refractivity contribution < 1.29 is 0 Å². The summed E-state index contributed by atoms with van der Waals surface area (Å²) in [6.07, 6.45) is 6.31. The topological polar surface area (TPSA) is 38.9 Å². The minimum atomic E-state index is 0.113. The molecule has 0 aliphatic heterocycles. The number of nitrogen functional groups attached to an aromatic ring is 1. The van der Waals surface area contributed by atoms with E-state index in [0.717, 1.165) is 0 Å². The standard InChI is InChI=1S/C15H18N2S/c16-13-11-18-14(17-13)15(9-5-2-6-10-15)12-7-3-1-4-8-12/h1,3-4,7-8,11H,2,5-6,9-10,16H2. The summed E-state index contributed by atoms with van der Waals surface area (Å²) in [4.78, 5) is 4.58. The normalized spacial score (nSPS) is 18.7. The van der Waals surface area contributed by atoms with Gasteiger partial charge in [-0.05, 0) is 18.4 Å². The van der Waals surface area contributed by atoms with Crippen LogP contribution in [-0.2, 0) is 5.41 Å². The lowest BCUT2D eigenvalue weighted by Gasteiger charge is -2.36. The van der Waals surface area contributed by atoms with Gasteiger partial charge in [-0.1, -0.05) is 49.6 Å². The lowest BCUT2D eigenvalue weighted by molar-refractivity contribution is 0.345. The van der Waals surface area contributed by atoms with Crippen molar-refractivity contribution >= 4 is 17.2 Å². The van der Waals surface area contributed by atoms with Crippen LogP contribution in [-0.4, -0.2) is 4.98 Å². The van der Waals surface area contributed by atoms with Crippen LogP contribution in [0.2, 0.25) is 0 Å². The van der Waals surface area contributed by atoms with Crippen LogP contribution in [0.25, 0.3) is 0 Å². The van der Waals surface area contributed by atoms with Gasteiger partial charge in [0.2, 0.25) is 0 Å². The highest BCUT2D eigenvalue weighted by molar-refractivity contribution is 7.10. The zero-order valence-electron chi connectivity index (χ0n) is 10.4. The van der Waals surface area contributed by atoms with Crippen molar-refractivity contribution in [3.05, 3.63) is 46.3 Å². The highest BCUT2D eigenvalue weighted by atomic mass is 32.1. The van der Waals surface area contributed by atoms with E-state index in [4.69, 9.17) is 5.73 Å². The van der Waals surface area contributed by atoms with Crippen LogP contribution in [0.1, 0.15) is 42.7 Å². The molecule has 18 heavy (non-hydrogen) atoms. The lowest BCUT2D eigenvalue weighted by Crippen LogP contribution is -2.30. The summed E-state index contributed by atoms with van der Waals surface area (Å²) in [6.45, 7) is 0. The van der Waals surface area contributed by atoms with E-state index in [1.165, 1.54) is 42.7 Å². The smallest absolute Gasteiger partial charge is 0.134 e. The second-order valence-corrected chi connectivity index (χ2v) is 5.94. The number of rotatable bonds is 2. The second-order valence-electron chi connectivity index (χ2n) is 5.09. The molecule has 1 fully saturated rings. The molecule has 2 N–H and O–H groups in total. The Hall–Kier alpha value is -1.35. The molecule has 1 aromatic heterocycles. The van der Waals surface area contributed by atoms with Crippen molar-refractivity contribution in [1.82, 2.24) is 4.98 Å². The lowest BCUT2D eigenvalue weighted by atomic mass is 9.70. The molecule has 0 atom stereocenters. The van der Waals surface area contributed by atoms with Gasteiger partial charge < -0.3 is 5.73 Å². The van der Waals surface area contributed by atoms with Gasteiger partial charge in [0.1, 0.15) is 10.8 Å². The van der Waals surface area contributed by atoms with E-state index >= 15 is 0 Å². The van der Waals surface area contributed by atoms with Gasteiger partial charge >= 0.3 is 0 Å². The van der Waals surface area contributed by atoms with Crippen molar-refractivity contribution in [2.45, 2.75) is 37.5 Å². The first kappa shape index (κ1) is 11.7. The van der Waals surface area contributed by atoms with Crippen LogP contribution < -0.4 is 5.73 Å². The predicted molar refractivity (Wildman–Crippen MR) is 76.8 cm³/mol. The summed E-state index contributed by atoms with van der Waals surface area (Å²) in [7, 11) is 0. The molecule has 94 valence electrons. The molecule has 0 spiro atoms. The molecular formula is C15H18N2S. The van der Waals surface area contributed by atoms with E-state index in [1.54, 1.807) is 11.3 Å². The Morgan fingerprint density at radius 1 is 1.06 bits per heavy atom. The first-order chi connectivity index (χ1) is 8.81. The van der Waals surface area contributed by atoms with Crippen LogP contribution in [0, 0.1) is 0 Å². The highest BCUT2D eigenvalue weighted by Gasteiger charge is 2.38. The van der Waals surface area contributed by atoms with Crippen LogP contribution >= 0.6 is 11.3 Å². The Morgan fingerprint density at radius 2 is 1.78 bits per heavy atom. The third kappa shape index (κ3) is 1.93. The Bertz CT molecular complexity index is 512. The van der Waals surface area contributed by atoms with Crippen molar-refractivity contribution in [1.29, 1.82) is 0 Å². The predicted octanol–water partition coefficient (Wildman–Crippen LogP) is 3.98. The molecular weight excluding hydrogens is 240 g/mol. The summed E-state index contributed by atoms with van der Waals surface area (Å²) < 4.78 is 0. The van der Waals surface area contributed by atoms with Gasteiger partial charge in [-0.25, -0.2) is 4.98 Å². The number of benzene rings is 1. The van der Waals surface area contributed by atoms with Gasteiger partial charge in [-0.15, -0.1) is 11.3 Å². The van der Waals surface area contributed by atoms with Gasteiger partial charge in [0.05, 0.1) is 0 Å². The van der Waals surface area contributed by atoms with E-state index in [2.05, 4.69) is 35.3 Å². The van der Waals surface area contributed by atoms with Gasteiger partial charge in [0, 0.05) is 10.8 Å². The highest BCUT2D eigenvalue weighted by Crippen LogP contribution is 2.45. The van der Waals surface area contributed by atoms with E-state index in [-0.39, 0.29) is 5.41 Å². The minimum absolute atomic E-state index is 0.113. The van der Waals surface area contributed by atoms with Crippen molar-refractivity contribution in [3.63, 3.8) is 0 Å². The average Bonchev–Trinajstić information content (AvgIpc) is 2.88. The molecule has 1 saturated carbocycles. The van der Waals surface area contributed by atoms with Crippen LogP contribution in [0.15, 0.2) is 35.7 Å². The Morgan fingerprint density at radius 3 is 2.39 bits per heavy atom. The Balaban J connectivity index is 2.09. The monoisotopic (exact) mass is 258 g/mol. The third-order valence-electron chi connectivity index (χ3n) is 3.96. The molecule has 2 aromatic rings. The third-order valence-corrected chi connectivity index (χ3v) is 5.03. The molecule has 0 saturated heterocycles. The largest absolute Gasteiger partial charge is 0.383 e. The Kier molecular flexibility index (Phi) is 3.08. The maximum Gasteiger partial charge on any atom is 0.134 e. The first-order valence-corrected chi connectivity index (χ1v) is 7.46. The second kappa shape index (κ2) is 4.73. The Labute approximate surface area is 112 Å². The average molecular weight is 258 g/mol. The minimum Gasteiger partial charge on any atom is -0.383 e. The summed E-state index contributed by atoms with van der Waals surface area (Å²) in [5, 5.41) is 3.17. The van der Waals surface area contributed by atoms with E-state index < -0.39 is 0 Å². The quantitative estimate of drug-likeness (QED) is 0.885. The fraction of sp³-hybridized carbons (Fsp3) is 0.400. The zero-order chi connectivity index (χ0) is 12.4. The molecule has 0 bridgehead atoms. The number of hydrogen-bond donors (Lipinski definition) is 1. The molecule has 1 aliphatic rings. The molecule has 0 radical (unpaired) electrons. The summed E-state index contributed by atoms with van der Waals surface area (Å²) in [5.41, 5.74) is 7.34. The molecule has 3 heteroatoms. The molecule has 3 rings (SSSR count). The number of hydrogen-bond acceptors (Lipinski definition) is 3. The van der Waals surface area contributed by atoms with Crippen LogP contribution in [0.5, 0.6) is 0 Å². The zero-order valence-corrected chi connectivity index (χ0v) is 11.2. The van der Waals surface area contributed by atoms with Crippen molar-refractivity contribution in [2.24, 2.45) is 0 Å². The molecule has 0 unspecified atom stereocenters. The summed E-state index contributed by atoms with van der Waals surface area (Å²) in [6, 6.07) is 10.8. The molecule has 1 heterocycles. The fourth-order valence-corrected chi connectivity index (χ4v) is 4.04. The SMILES string of the molecule is Nc1csc(C2(c3ccccc3)CCCCC2)n1. The van der Waals surface area contributed by atoms with Gasteiger partial charge in [-0.2, -0.15) is 0 Å². The molecule has 1 aliphatic carbocycles.